The number of nitrogens with one attached hydrogen (secondary N) is 4. The number of nitrogens with zero attached hydrogens (tertiary/aromatic N) is 1. The molecule has 1 aromatic carbocycles. The van der Waals surface area contributed by atoms with E-state index in [1.165, 1.54) is 6.92 Å². The highest BCUT2D eigenvalue weighted by atomic mass is 79.9. The molecule has 48 heavy (non-hydrogen) atoms. The maximum atomic E-state index is 14.9. The summed E-state index contributed by atoms with van der Waals surface area (Å²) in [5, 5.41) is 18.7. The molecule has 0 fully saturated rings. The predicted molar refractivity (Wildman–Crippen MR) is 173 cm³/mol. The van der Waals surface area contributed by atoms with Crippen LogP contribution in [-0.2, 0) is 28.7 Å². The number of likely N-dealkylation sites (N-methyl/N-ethyl adjacent to an activating group) is 1. The third-order valence-electron chi connectivity index (χ3n) is 6.89. The quantitative estimate of drug-likeness (QED) is 0.0495. The third-order valence-corrected chi connectivity index (χ3v) is 7.57. The molecule has 0 spiro atoms. The van der Waals surface area contributed by atoms with E-state index in [-0.39, 0.29) is 42.8 Å². The monoisotopic (exact) mass is 746 g/mol. The first-order chi connectivity index (χ1) is 22.5. The number of nitrogens with two attached hydrogens (primary N) is 1. The second-order valence-electron chi connectivity index (χ2n) is 10.8. The minimum atomic E-state index is -1.37. The van der Waals surface area contributed by atoms with Crippen molar-refractivity contribution in [3.63, 3.8) is 0 Å². The van der Waals surface area contributed by atoms with Gasteiger partial charge in [-0.25, -0.2) is 23.2 Å². The number of hydrogen-bond donors (Lipinski definition) is 6. The molecule has 0 saturated carbocycles. The zero-order valence-corrected chi connectivity index (χ0v) is 28.4. The Balaban J connectivity index is 2.81. The maximum Gasteiger partial charge on any atom is 0.334 e. The minimum absolute atomic E-state index is 0.0247. The smallest absolute Gasteiger partial charge is 0.334 e. The molecular weight excluding hydrogens is 706 g/mol. The molecule has 15 nitrogen and oxygen atoms in total. The molecule has 0 saturated heterocycles. The summed E-state index contributed by atoms with van der Waals surface area (Å²) in [6.07, 6.45) is 1.22. The van der Waals surface area contributed by atoms with Gasteiger partial charge in [0.05, 0.1) is 23.9 Å². The maximum absolute atomic E-state index is 14.9. The van der Waals surface area contributed by atoms with Gasteiger partial charge in [-0.1, -0.05) is 22.5 Å². The van der Waals surface area contributed by atoms with Crippen LogP contribution in [0.2, 0.25) is 0 Å². The molecule has 18 heteroatoms. The van der Waals surface area contributed by atoms with Crippen molar-refractivity contribution in [2.45, 2.75) is 70.6 Å². The number of aliphatic carboxylic acids is 1. The van der Waals surface area contributed by atoms with Gasteiger partial charge in [0, 0.05) is 37.0 Å². The zero-order chi connectivity index (χ0) is 36.6. The number of rotatable bonds is 20. The van der Waals surface area contributed by atoms with E-state index >= 15 is 0 Å². The van der Waals surface area contributed by atoms with E-state index in [2.05, 4.69) is 43.8 Å². The van der Waals surface area contributed by atoms with Crippen LogP contribution in [0.5, 0.6) is 0 Å². The zero-order valence-electron chi connectivity index (χ0n) is 26.8. The van der Waals surface area contributed by atoms with Crippen LogP contribution in [0.4, 0.5) is 19.3 Å². The van der Waals surface area contributed by atoms with Gasteiger partial charge < -0.3 is 41.7 Å². The number of carboxylic acid groups (broad SMARTS) is 1. The van der Waals surface area contributed by atoms with Gasteiger partial charge in [-0.05, 0) is 52.0 Å². The third kappa shape index (κ3) is 14.4. The van der Waals surface area contributed by atoms with Crippen molar-refractivity contribution < 1.29 is 52.2 Å². The summed E-state index contributed by atoms with van der Waals surface area (Å²) in [5.41, 5.74) is 3.88. The molecule has 0 aromatic heterocycles. The molecule has 0 aliphatic heterocycles. The molecule has 3 atom stereocenters. The van der Waals surface area contributed by atoms with E-state index in [1.54, 1.807) is 6.92 Å². The SMILES string of the molecule is C=C(CBr)C(=O)OC(C)CCCCC(=O)NCC(=O)NC(CCCNC(N)=O)C(=O)Nc1cc(F)c(C(=O)N(C)[C@@H](C)C(=O)O)cc1F. The van der Waals surface area contributed by atoms with E-state index in [9.17, 15) is 42.3 Å². The summed E-state index contributed by atoms with van der Waals surface area (Å²) in [4.78, 5) is 85.0. The van der Waals surface area contributed by atoms with Crippen LogP contribution < -0.4 is 27.0 Å². The second-order valence-corrected chi connectivity index (χ2v) is 11.3. The number of halogens is 3. The van der Waals surface area contributed by atoms with Gasteiger partial charge >= 0.3 is 18.0 Å². The highest BCUT2D eigenvalue weighted by Gasteiger charge is 2.27. The van der Waals surface area contributed by atoms with E-state index in [1.807, 2.05) is 0 Å². The molecule has 1 aromatic rings. The number of ether oxygens (including phenoxy) is 1. The van der Waals surface area contributed by atoms with Gasteiger partial charge in [0.25, 0.3) is 5.91 Å². The fourth-order valence-corrected chi connectivity index (χ4v) is 4.18. The van der Waals surface area contributed by atoms with Gasteiger partial charge in [-0.15, -0.1) is 0 Å². The number of benzene rings is 1. The lowest BCUT2D eigenvalue weighted by Gasteiger charge is -2.22. The highest BCUT2D eigenvalue weighted by Crippen LogP contribution is 2.22. The molecule has 0 radical (unpaired) electrons. The van der Waals surface area contributed by atoms with Gasteiger partial charge in [0.1, 0.15) is 23.7 Å². The van der Waals surface area contributed by atoms with Crippen molar-refractivity contribution in [1.29, 1.82) is 0 Å². The van der Waals surface area contributed by atoms with Crippen LogP contribution in [0.15, 0.2) is 24.3 Å². The average Bonchev–Trinajstić information content (AvgIpc) is 3.03. The Morgan fingerprint density at radius 1 is 1.00 bits per heavy atom. The average molecular weight is 748 g/mol. The van der Waals surface area contributed by atoms with Gasteiger partial charge in [-0.3, -0.25) is 19.2 Å². The van der Waals surface area contributed by atoms with Crippen LogP contribution >= 0.6 is 15.9 Å². The molecule has 0 bridgehead atoms. The van der Waals surface area contributed by atoms with E-state index in [0.717, 1.165) is 7.05 Å². The molecule has 7 N–H and O–H groups in total. The Morgan fingerprint density at radius 3 is 2.27 bits per heavy atom. The number of amides is 6. The topological polar surface area (TPSA) is 226 Å². The first-order valence-electron chi connectivity index (χ1n) is 14.8. The molecule has 6 amide bonds. The number of primary amides is 1. The van der Waals surface area contributed by atoms with Crippen LogP contribution in [0, 0.1) is 11.6 Å². The predicted octanol–water partition coefficient (Wildman–Crippen LogP) is 1.94. The van der Waals surface area contributed by atoms with Crippen molar-refractivity contribution in [1.82, 2.24) is 20.9 Å². The van der Waals surface area contributed by atoms with Crippen molar-refractivity contribution in [2.75, 3.05) is 30.8 Å². The number of carboxylic acids is 1. The van der Waals surface area contributed by atoms with Crippen molar-refractivity contribution in [2.24, 2.45) is 5.73 Å². The first-order valence-corrected chi connectivity index (χ1v) is 15.9. The molecule has 1 rings (SSSR count). The fraction of sp³-hybridized carbons (Fsp3) is 0.500. The fourth-order valence-electron chi connectivity index (χ4n) is 3.95. The Hall–Kier alpha value is -4.61. The Kier molecular flexibility index (Phi) is 17.8. The normalized spacial score (nSPS) is 12.5. The molecular formula is C30H41BrF2N6O9. The van der Waals surface area contributed by atoms with Crippen LogP contribution in [0.25, 0.3) is 0 Å². The number of unbranched alkanes of at least 4 members (excludes halogenated alkanes) is 1. The number of esters is 1. The van der Waals surface area contributed by atoms with Crippen LogP contribution in [-0.4, -0.2) is 95.3 Å². The number of carbonyl (C=O) groups excluding carboxylic acids is 6. The van der Waals surface area contributed by atoms with Gasteiger partial charge in [-0.2, -0.15) is 0 Å². The molecule has 0 aliphatic carbocycles. The van der Waals surface area contributed by atoms with E-state index < -0.39 is 83.1 Å². The van der Waals surface area contributed by atoms with E-state index in [4.69, 9.17) is 15.6 Å². The largest absolute Gasteiger partial charge is 0.480 e. The Bertz CT molecular complexity index is 1380. The Labute approximate surface area is 284 Å². The number of carbonyl (C=O) groups is 7. The lowest BCUT2D eigenvalue weighted by molar-refractivity contribution is -0.144. The lowest BCUT2D eigenvalue weighted by atomic mass is 10.1. The van der Waals surface area contributed by atoms with Gasteiger partial charge in [0.15, 0.2) is 0 Å². The summed E-state index contributed by atoms with van der Waals surface area (Å²) in [6, 6.07) is -2.45. The lowest BCUT2D eigenvalue weighted by Crippen LogP contribution is -2.47. The van der Waals surface area contributed by atoms with Gasteiger partial charge in [0.2, 0.25) is 17.7 Å². The van der Waals surface area contributed by atoms with Crippen molar-refractivity contribution in [3.05, 3.63) is 41.5 Å². The number of anilines is 1. The second kappa shape index (κ2) is 20.6. The summed E-state index contributed by atoms with van der Waals surface area (Å²) in [6.45, 7) is 5.99. The first kappa shape index (κ1) is 41.4. The summed E-state index contributed by atoms with van der Waals surface area (Å²) >= 11 is 3.12. The van der Waals surface area contributed by atoms with Crippen molar-refractivity contribution >= 4 is 63.2 Å². The molecule has 0 aliphatic rings. The molecule has 0 heterocycles. The van der Waals surface area contributed by atoms with Crippen LogP contribution in [0.3, 0.4) is 0 Å². The van der Waals surface area contributed by atoms with E-state index in [0.29, 0.717) is 36.3 Å². The Morgan fingerprint density at radius 2 is 1.67 bits per heavy atom. The summed E-state index contributed by atoms with van der Waals surface area (Å²) < 4.78 is 34.9. The minimum Gasteiger partial charge on any atom is -0.480 e. The molecule has 266 valence electrons. The summed E-state index contributed by atoms with van der Waals surface area (Å²) in [5.74, 6) is -7.65. The molecule has 2 unspecified atom stereocenters. The van der Waals surface area contributed by atoms with Crippen molar-refractivity contribution in [3.8, 4) is 0 Å². The standard InChI is InChI=1S/C30H41BrF2N6O9/c1-16(14-31)29(46)48-17(2)8-5-6-10-24(40)36-15-25(41)37-22(9-7-11-35-30(34)47)26(42)38-23-13-20(32)19(12-21(23)33)27(43)39(4)18(3)28(44)45/h12-13,17-18,22H,1,5-11,14-15H2,2-4H3,(H,36,40)(H,37,41)(H,38,42)(H,44,45)(H3,34,35,47)/t17?,18-,22?/m0/s1. The van der Waals surface area contributed by atoms with Crippen LogP contribution in [0.1, 0.15) is 62.7 Å². The summed E-state index contributed by atoms with van der Waals surface area (Å²) in [7, 11) is 1.10. The number of alkyl halides is 1. The number of urea groups is 1. The highest BCUT2D eigenvalue weighted by molar-refractivity contribution is 9.09. The number of hydrogen-bond acceptors (Lipinski definition) is 8.